The number of nitrogens with zero attached hydrogens (tertiary/aromatic N) is 1. The molecule has 2 aromatic carbocycles. The number of aryl methyl sites for hydroxylation is 1. The van der Waals surface area contributed by atoms with Crippen molar-refractivity contribution in [1.29, 1.82) is 0 Å². The van der Waals surface area contributed by atoms with E-state index in [4.69, 9.17) is 4.74 Å². The Hall–Kier alpha value is -3.13. The van der Waals surface area contributed by atoms with Gasteiger partial charge in [0.15, 0.2) is 6.10 Å². The van der Waals surface area contributed by atoms with Crippen LogP contribution < -0.4 is 5.32 Å². The molecule has 0 fully saturated rings. The highest BCUT2D eigenvalue weighted by atomic mass is 32.1. The van der Waals surface area contributed by atoms with Crippen LogP contribution in [0.5, 0.6) is 0 Å². The zero-order valence-corrected chi connectivity index (χ0v) is 16.6. The highest BCUT2D eigenvalue weighted by Gasteiger charge is 2.21. The normalized spacial score (nSPS) is 11.7. The van der Waals surface area contributed by atoms with Crippen LogP contribution in [0.2, 0.25) is 0 Å². The molecule has 0 aliphatic rings. The number of ether oxygens (including phenoxy) is 1. The average molecular weight is 416 g/mol. The molecule has 0 saturated heterocycles. The second-order valence-electron chi connectivity index (χ2n) is 6.40. The number of hydrogen-bond donors (Lipinski definition) is 1. The summed E-state index contributed by atoms with van der Waals surface area (Å²) in [6, 6.07) is 11.1. The number of carbonyl (C=O) groups excluding carboxylic acids is 2. The van der Waals surface area contributed by atoms with Gasteiger partial charge in [-0.15, -0.1) is 11.3 Å². The molecular weight excluding hydrogens is 398 g/mol. The van der Waals surface area contributed by atoms with Crippen LogP contribution in [-0.4, -0.2) is 23.0 Å². The Bertz CT molecular complexity index is 1010. The van der Waals surface area contributed by atoms with E-state index < -0.39 is 35.3 Å². The molecule has 1 aromatic heterocycles. The summed E-state index contributed by atoms with van der Waals surface area (Å²) in [4.78, 5) is 28.6. The fraction of sp³-hybridized carbons (Fsp3) is 0.190. The first-order valence-corrected chi connectivity index (χ1v) is 9.67. The summed E-state index contributed by atoms with van der Waals surface area (Å²) in [5.74, 6) is -3.32. The third-order valence-electron chi connectivity index (χ3n) is 4.06. The van der Waals surface area contributed by atoms with Gasteiger partial charge in [0.2, 0.25) is 0 Å². The number of rotatable bonds is 6. The molecule has 0 aliphatic heterocycles. The molecule has 1 amide bonds. The molecule has 1 heterocycles. The summed E-state index contributed by atoms with van der Waals surface area (Å²) < 4.78 is 32.3. The first-order chi connectivity index (χ1) is 13.8. The van der Waals surface area contributed by atoms with Crippen molar-refractivity contribution in [2.45, 2.75) is 26.4 Å². The number of halogens is 2. The Kier molecular flexibility index (Phi) is 6.33. The topological polar surface area (TPSA) is 68.3 Å². The highest BCUT2D eigenvalue weighted by Crippen LogP contribution is 2.24. The van der Waals surface area contributed by atoms with Crippen molar-refractivity contribution in [3.05, 3.63) is 70.7 Å². The molecule has 0 bridgehead atoms. The number of benzene rings is 2. The minimum absolute atomic E-state index is 0.117. The van der Waals surface area contributed by atoms with E-state index in [0.29, 0.717) is 5.69 Å². The fourth-order valence-electron chi connectivity index (χ4n) is 2.50. The largest absolute Gasteiger partial charge is 0.452 e. The summed E-state index contributed by atoms with van der Waals surface area (Å²) in [5.41, 5.74) is 2.02. The van der Waals surface area contributed by atoms with E-state index in [9.17, 15) is 18.4 Å². The summed E-state index contributed by atoms with van der Waals surface area (Å²) in [6.07, 6.45) is -1.34. The number of anilines is 1. The van der Waals surface area contributed by atoms with Gasteiger partial charge in [-0.2, -0.15) is 0 Å². The van der Waals surface area contributed by atoms with Crippen LogP contribution in [0.3, 0.4) is 0 Å². The van der Waals surface area contributed by atoms with Crippen LogP contribution >= 0.6 is 11.3 Å². The monoisotopic (exact) mass is 416 g/mol. The maximum absolute atomic E-state index is 13.6. The smallest absolute Gasteiger partial charge is 0.312 e. The summed E-state index contributed by atoms with van der Waals surface area (Å²) in [5, 5.41) is 4.62. The number of esters is 1. The predicted molar refractivity (Wildman–Crippen MR) is 107 cm³/mol. The third kappa shape index (κ3) is 5.23. The zero-order valence-electron chi connectivity index (χ0n) is 15.7. The molecule has 8 heteroatoms. The van der Waals surface area contributed by atoms with Crippen LogP contribution in [0.4, 0.5) is 14.5 Å². The van der Waals surface area contributed by atoms with Gasteiger partial charge in [0, 0.05) is 10.9 Å². The van der Waals surface area contributed by atoms with E-state index >= 15 is 0 Å². The number of para-hydroxylation sites is 1. The lowest BCUT2D eigenvalue weighted by Crippen LogP contribution is -2.31. The highest BCUT2D eigenvalue weighted by molar-refractivity contribution is 7.13. The third-order valence-corrected chi connectivity index (χ3v) is 5.00. The second kappa shape index (κ2) is 8.91. The van der Waals surface area contributed by atoms with Crippen molar-refractivity contribution < 1.29 is 23.1 Å². The van der Waals surface area contributed by atoms with Gasteiger partial charge >= 0.3 is 5.97 Å². The van der Waals surface area contributed by atoms with Gasteiger partial charge in [-0.3, -0.25) is 9.59 Å². The van der Waals surface area contributed by atoms with Gasteiger partial charge in [0.05, 0.1) is 12.1 Å². The maximum Gasteiger partial charge on any atom is 0.312 e. The lowest BCUT2D eigenvalue weighted by molar-refractivity contribution is -0.152. The minimum Gasteiger partial charge on any atom is -0.452 e. The summed E-state index contributed by atoms with van der Waals surface area (Å²) in [6.45, 7) is 3.32. The van der Waals surface area contributed by atoms with Gasteiger partial charge in [0.25, 0.3) is 5.91 Å². The quantitative estimate of drug-likeness (QED) is 0.601. The lowest BCUT2D eigenvalue weighted by Gasteiger charge is -2.14. The molecule has 0 spiro atoms. The molecule has 1 N–H and O–H groups in total. The van der Waals surface area contributed by atoms with Gasteiger partial charge < -0.3 is 10.1 Å². The molecule has 0 saturated carbocycles. The van der Waals surface area contributed by atoms with E-state index in [-0.39, 0.29) is 6.42 Å². The molecule has 0 radical (unpaired) electrons. The molecule has 5 nitrogen and oxygen atoms in total. The lowest BCUT2D eigenvalue weighted by atomic mass is 10.2. The van der Waals surface area contributed by atoms with E-state index in [2.05, 4.69) is 10.3 Å². The van der Waals surface area contributed by atoms with E-state index in [1.165, 1.54) is 24.3 Å². The first-order valence-electron chi connectivity index (χ1n) is 8.79. The van der Waals surface area contributed by atoms with Crippen molar-refractivity contribution in [3.63, 3.8) is 0 Å². The molecule has 3 rings (SSSR count). The number of aromatic nitrogens is 1. The van der Waals surface area contributed by atoms with Gasteiger partial charge in [-0.05, 0) is 26.0 Å². The van der Waals surface area contributed by atoms with E-state index in [0.717, 1.165) is 28.3 Å². The zero-order chi connectivity index (χ0) is 21.0. The van der Waals surface area contributed by atoms with E-state index in [1.807, 2.05) is 31.2 Å². The molecule has 29 heavy (non-hydrogen) atoms. The van der Waals surface area contributed by atoms with Gasteiger partial charge in [-0.1, -0.05) is 35.9 Å². The Morgan fingerprint density at radius 1 is 1.14 bits per heavy atom. The van der Waals surface area contributed by atoms with Crippen molar-refractivity contribution in [1.82, 2.24) is 4.98 Å². The number of thiazole rings is 1. The molecule has 0 aliphatic carbocycles. The number of amides is 1. The Labute approximate surface area is 170 Å². The van der Waals surface area contributed by atoms with Gasteiger partial charge in [-0.25, -0.2) is 13.8 Å². The molecular formula is C21H18F2N2O3S. The van der Waals surface area contributed by atoms with Crippen molar-refractivity contribution in [3.8, 4) is 10.6 Å². The number of carbonyl (C=O) groups is 2. The van der Waals surface area contributed by atoms with Crippen molar-refractivity contribution in [2.75, 3.05) is 5.32 Å². The Morgan fingerprint density at radius 2 is 1.79 bits per heavy atom. The second-order valence-corrected chi connectivity index (χ2v) is 7.26. The summed E-state index contributed by atoms with van der Waals surface area (Å²) >= 11 is 1.40. The maximum atomic E-state index is 13.6. The molecule has 1 atom stereocenters. The molecule has 3 aromatic rings. The van der Waals surface area contributed by atoms with Crippen LogP contribution in [0.1, 0.15) is 18.2 Å². The van der Waals surface area contributed by atoms with E-state index in [1.54, 1.807) is 5.38 Å². The fourth-order valence-corrected chi connectivity index (χ4v) is 3.33. The minimum atomic E-state index is -1.23. The summed E-state index contributed by atoms with van der Waals surface area (Å²) in [7, 11) is 0. The first kappa shape index (κ1) is 20.6. The average Bonchev–Trinajstić information content (AvgIpc) is 3.13. The van der Waals surface area contributed by atoms with Crippen molar-refractivity contribution >= 4 is 28.9 Å². The molecule has 150 valence electrons. The van der Waals surface area contributed by atoms with Crippen LogP contribution in [0.25, 0.3) is 10.6 Å². The van der Waals surface area contributed by atoms with Crippen LogP contribution in [0.15, 0.2) is 47.8 Å². The number of nitrogens with one attached hydrogen (secondary N) is 1. The predicted octanol–water partition coefficient (Wildman–Crippen LogP) is 4.51. The van der Waals surface area contributed by atoms with Crippen molar-refractivity contribution in [2.24, 2.45) is 0 Å². The molecule has 0 unspecified atom stereocenters. The SMILES string of the molecule is Cc1ccc(-c2nc(CC(=O)O[C@H](C)C(=O)Nc3c(F)cccc3F)cs2)cc1. The Morgan fingerprint density at radius 3 is 2.45 bits per heavy atom. The Balaban J connectivity index is 1.57. The standard InChI is InChI=1S/C21H18F2N2O3S/c1-12-6-8-14(9-7-12)21-24-15(11-29-21)10-18(26)28-13(2)20(27)25-19-16(22)4-3-5-17(19)23/h3-9,11,13H,10H2,1-2H3,(H,25,27)/t13-/m1/s1. The number of hydrogen-bond acceptors (Lipinski definition) is 5. The van der Waals surface area contributed by atoms with Gasteiger partial charge in [0.1, 0.15) is 22.3 Å². The van der Waals surface area contributed by atoms with Crippen LogP contribution in [-0.2, 0) is 20.7 Å². The van der Waals surface area contributed by atoms with Crippen LogP contribution in [0, 0.1) is 18.6 Å².